The third-order valence-electron chi connectivity index (χ3n) is 3.17. The first-order chi connectivity index (χ1) is 8.48. The minimum Gasteiger partial charge on any atom is -0.295 e. The first-order valence-corrected chi connectivity index (χ1v) is 8.76. The summed E-state index contributed by atoms with van der Waals surface area (Å²) in [5, 5.41) is 1.96. The molecule has 0 bridgehead atoms. The average Bonchev–Trinajstić information content (AvgIpc) is 2.64. The summed E-state index contributed by atoms with van der Waals surface area (Å²) >= 11 is 6.97. The SMILES string of the molecule is CC1(C)CCN(CC(=O)c2sccc2Br)CCS1. The zero-order valence-corrected chi connectivity index (χ0v) is 14.0. The number of hydrogen-bond donors (Lipinski definition) is 0. The van der Waals surface area contributed by atoms with Crippen molar-refractivity contribution in [3.8, 4) is 0 Å². The number of thiophene rings is 1. The number of thioether (sulfide) groups is 1. The van der Waals surface area contributed by atoms with Crippen LogP contribution in [-0.2, 0) is 0 Å². The largest absolute Gasteiger partial charge is 0.295 e. The van der Waals surface area contributed by atoms with Gasteiger partial charge >= 0.3 is 0 Å². The molecule has 18 heavy (non-hydrogen) atoms. The predicted molar refractivity (Wildman–Crippen MR) is 83.9 cm³/mol. The smallest absolute Gasteiger partial charge is 0.187 e. The second-order valence-electron chi connectivity index (χ2n) is 5.16. The lowest BCUT2D eigenvalue weighted by Gasteiger charge is -2.22. The van der Waals surface area contributed by atoms with Gasteiger partial charge in [0.05, 0.1) is 11.4 Å². The van der Waals surface area contributed by atoms with Crippen molar-refractivity contribution in [2.75, 3.05) is 25.4 Å². The van der Waals surface area contributed by atoms with Crippen LogP contribution in [-0.4, -0.2) is 40.8 Å². The molecular weight excluding hydrogens is 330 g/mol. The van der Waals surface area contributed by atoms with Crippen molar-refractivity contribution >= 4 is 44.8 Å². The van der Waals surface area contributed by atoms with Gasteiger partial charge in [0.1, 0.15) is 0 Å². The van der Waals surface area contributed by atoms with Crippen LogP contribution >= 0.6 is 39.0 Å². The van der Waals surface area contributed by atoms with Crippen LogP contribution in [0.15, 0.2) is 15.9 Å². The van der Waals surface area contributed by atoms with Crippen molar-refractivity contribution in [2.45, 2.75) is 25.0 Å². The van der Waals surface area contributed by atoms with E-state index in [1.807, 2.05) is 23.2 Å². The molecule has 2 heterocycles. The van der Waals surface area contributed by atoms with E-state index in [1.165, 1.54) is 11.3 Å². The number of carbonyl (C=O) groups is 1. The fourth-order valence-corrected chi connectivity index (χ4v) is 4.65. The van der Waals surface area contributed by atoms with Gasteiger partial charge in [-0.1, -0.05) is 13.8 Å². The predicted octanol–water partition coefficient (Wildman–Crippen LogP) is 3.91. The zero-order chi connectivity index (χ0) is 13.2. The van der Waals surface area contributed by atoms with Gasteiger partial charge < -0.3 is 0 Å². The molecule has 5 heteroatoms. The van der Waals surface area contributed by atoms with Gasteiger partial charge in [-0.05, 0) is 40.3 Å². The van der Waals surface area contributed by atoms with E-state index in [4.69, 9.17) is 0 Å². The fraction of sp³-hybridized carbons (Fsp3) is 0.615. The third kappa shape index (κ3) is 3.83. The number of hydrogen-bond acceptors (Lipinski definition) is 4. The van der Waals surface area contributed by atoms with E-state index in [-0.39, 0.29) is 5.78 Å². The molecule has 0 saturated carbocycles. The quantitative estimate of drug-likeness (QED) is 0.773. The molecule has 0 atom stereocenters. The van der Waals surface area contributed by atoms with E-state index >= 15 is 0 Å². The molecule has 1 fully saturated rings. The van der Waals surface area contributed by atoms with Crippen LogP contribution < -0.4 is 0 Å². The molecule has 2 nitrogen and oxygen atoms in total. The molecule has 0 aromatic carbocycles. The van der Waals surface area contributed by atoms with Crippen LogP contribution in [0.4, 0.5) is 0 Å². The molecule has 1 aromatic rings. The number of rotatable bonds is 3. The Labute approximate surface area is 125 Å². The van der Waals surface area contributed by atoms with Crippen molar-refractivity contribution in [3.05, 3.63) is 20.8 Å². The Morgan fingerprint density at radius 2 is 2.28 bits per heavy atom. The van der Waals surface area contributed by atoms with Crippen molar-refractivity contribution in [1.82, 2.24) is 4.90 Å². The minimum absolute atomic E-state index is 0.238. The summed E-state index contributed by atoms with van der Waals surface area (Å²) in [6.07, 6.45) is 1.15. The van der Waals surface area contributed by atoms with Crippen molar-refractivity contribution < 1.29 is 4.79 Å². The first kappa shape index (κ1) is 14.6. The summed E-state index contributed by atoms with van der Waals surface area (Å²) in [6, 6.07) is 1.94. The molecule has 0 spiro atoms. The summed E-state index contributed by atoms with van der Waals surface area (Å²) in [5.74, 6) is 1.35. The lowest BCUT2D eigenvalue weighted by Crippen LogP contribution is -2.32. The Balaban J connectivity index is 1.94. The Kier molecular flexibility index (Phi) is 4.92. The highest BCUT2D eigenvalue weighted by Gasteiger charge is 2.25. The highest BCUT2D eigenvalue weighted by atomic mass is 79.9. The van der Waals surface area contributed by atoms with Gasteiger partial charge in [0, 0.05) is 21.5 Å². The van der Waals surface area contributed by atoms with Crippen molar-refractivity contribution in [2.24, 2.45) is 0 Å². The maximum Gasteiger partial charge on any atom is 0.187 e. The van der Waals surface area contributed by atoms with Crippen LogP contribution in [0.5, 0.6) is 0 Å². The molecule has 0 radical (unpaired) electrons. The van der Waals surface area contributed by atoms with Crippen LogP contribution in [0.25, 0.3) is 0 Å². The Bertz CT molecular complexity index is 430. The number of halogens is 1. The van der Waals surface area contributed by atoms with Crippen molar-refractivity contribution in [3.63, 3.8) is 0 Å². The van der Waals surface area contributed by atoms with Gasteiger partial charge in [0.2, 0.25) is 0 Å². The maximum atomic E-state index is 12.2. The van der Waals surface area contributed by atoms with Gasteiger partial charge in [-0.2, -0.15) is 11.8 Å². The molecule has 2 rings (SSSR count). The summed E-state index contributed by atoms with van der Waals surface area (Å²) in [6.45, 7) is 7.17. The summed E-state index contributed by atoms with van der Waals surface area (Å²) in [7, 11) is 0. The molecule has 1 aliphatic heterocycles. The molecule has 0 aliphatic carbocycles. The first-order valence-electron chi connectivity index (χ1n) is 6.10. The highest BCUT2D eigenvalue weighted by Crippen LogP contribution is 2.31. The molecule has 1 aromatic heterocycles. The topological polar surface area (TPSA) is 20.3 Å². The highest BCUT2D eigenvalue weighted by molar-refractivity contribution is 9.10. The van der Waals surface area contributed by atoms with E-state index in [0.29, 0.717) is 11.3 Å². The Morgan fingerprint density at radius 3 is 2.94 bits per heavy atom. The molecule has 0 unspecified atom stereocenters. The second-order valence-corrected chi connectivity index (χ2v) is 8.73. The summed E-state index contributed by atoms with van der Waals surface area (Å²) in [4.78, 5) is 15.3. The van der Waals surface area contributed by atoms with E-state index in [0.717, 1.165) is 34.6 Å². The van der Waals surface area contributed by atoms with E-state index in [1.54, 1.807) is 0 Å². The maximum absolute atomic E-state index is 12.2. The second kappa shape index (κ2) is 6.07. The lowest BCUT2D eigenvalue weighted by atomic mass is 10.1. The minimum atomic E-state index is 0.238. The number of Topliss-reactive ketones (excluding diaryl/α,β-unsaturated/α-hetero) is 1. The van der Waals surface area contributed by atoms with Crippen LogP contribution in [0.1, 0.15) is 29.9 Å². The van der Waals surface area contributed by atoms with Crippen molar-refractivity contribution in [1.29, 1.82) is 0 Å². The van der Waals surface area contributed by atoms with E-state index < -0.39 is 0 Å². The number of nitrogens with zero attached hydrogens (tertiary/aromatic N) is 1. The van der Waals surface area contributed by atoms with Crippen LogP contribution in [0.3, 0.4) is 0 Å². The fourth-order valence-electron chi connectivity index (χ4n) is 1.99. The third-order valence-corrected chi connectivity index (χ3v) is 6.42. The molecular formula is C13H18BrNOS2. The average molecular weight is 348 g/mol. The molecule has 1 saturated heterocycles. The Hall–Kier alpha value is 0.160. The zero-order valence-electron chi connectivity index (χ0n) is 10.7. The Morgan fingerprint density at radius 1 is 1.50 bits per heavy atom. The lowest BCUT2D eigenvalue weighted by molar-refractivity contribution is 0.0937. The van der Waals surface area contributed by atoms with Gasteiger partial charge in [0.25, 0.3) is 0 Å². The monoisotopic (exact) mass is 347 g/mol. The standard InChI is InChI=1S/C13H18BrNOS2/c1-13(2)4-5-15(6-8-18-13)9-11(16)12-10(14)3-7-17-12/h3,7H,4-6,8-9H2,1-2H3. The van der Waals surface area contributed by atoms with Gasteiger partial charge in [-0.15, -0.1) is 11.3 Å². The van der Waals surface area contributed by atoms with Crippen LogP contribution in [0, 0.1) is 0 Å². The molecule has 0 amide bonds. The van der Waals surface area contributed by atoms with Gasteiger partial charge in [-0.3, -0.25) is 9.69 Å². The summed E-state index contributed by atoms with van der Waals surface area (Å²) in [5.41, 5.74) is 0. The number of carbonyl (C=O) groups excluding carboxylic acids is 1. The van der Waals surface area contributed by atoms with E-state index in [9.17, 15) is 4.79 Å². The molecule has 0 N–H and O–H groups in total. The van der Waals surface area contributed by atoms with Gasteiger partial charge in [0.15, 0.2) is 5.78 Å². The molecule has 100 valence electrons. The van der Waals surface area contributed by atoms with E-state index in [2.05, 4.69) is 34.7 Å². The van der Waals surface area contributed by atoms with Gasteiger partial charge in [-0.25, -0.2) is 0 Å². The number of ketones is 1. The summed E-state index contributed by atoms with van der Waals surface area (Å²) < 4.78 is 1.28. The molecule has 1 aliphatic rings. The van der Waals surface area contributed by atoms with Crippen LogP contribution in [0.2, 0.25) is 0 Å². The normalized spacial score (nSPS) is 20.6.